The number of pyridine rings is 1. The SMILES string of the molecule is CCn1c(-c2cccnc2COC)c2c3cc(ccc31)-c1cc(O)cc(c1)C[C@H](NC(=O)C(C(C)C)N(C)C(=O)[C@H]1CCN(C(=O)/C=C/CN3CCOCC3)C1)C(=O)N1CCC[C@H](N1)C(=O)OCC(C)(C)C2. The Morgan fingerprint density at radius 3 is 2.58 bits per heavy atom. The highest BCUT2D eigenvalue weighted by Crippen LogP contribution is 2.41. The molecule has 4 aromatic rings. The monoisotopic (exact) mass is 989 g/mol. The first kappa shape index (κ1) is 52.2. The number of aromatic nitrogens is 2. The number of methoxy groups -OCH3 is 1. The van der Waals surface area contributed by atoms with Crippen LogP contribution >= 0.6 is 0 Å². The molecule has 4 amide bonds. The molecule has 3 N–H and O–H groups in total. The molecular weight excluding hydrogens is 917 g/mol. The molecule has 2 aromatic carbocycles. The van der Waals surface area contributed by atoms with Crippen LogP contribution in [-0.4, -0.2) is 155 Å². The molecule has 8 rings (SSSR count). The number of benzene rings is 2. The van der Waals surface area contributed by atoms with Gasteiger partial charge in [-0.05, 0) is 97.2 Å². The van der Waals surface area contributed by atoms with E-state index < -0.39 is 47.2 Å². The Labute approximate surface area is 422 Å². The number of aryl methyl sites for hydroxylation is 1. The largest absolute Gasteiger partial charge is 0.508 e. The number of likely N-dealkylation sites (tertiary alicyclic amines) is 1. The number of hydrogen-bond donors (Lipinski definition) is 3. The van der Waals surface area contributed by atoms with Crippen LogP contribution in [0.5, 0.6) is 5.75 Å². The highest BCUT2D eigenvalue weighted by molar-refractivity contribution is 5.96. The van der Waals surface area contributed by atoms with Crippen molar-refractivity contribution in [1.29, 1.82) is 0 Å². The number of phenolic OH excluding ortho intramolecular Hbond substituents is 1. The summed E-state index contributed by atoms with van der Waals surface area (Å²) in [6, 6.07) is 12.5. The lowest BCUT2D eigenvalue weighted by Crippen LogP contribution is -2.62. The number of morpholine rings is 1. The number of nitrogens with one attached hydrogen (secondary N) is 2. The van der Waals surface area contributed by atoms with Crippen molar-refractivity contribution in [2.75, 3.05) is 73.2 Å². The van der Waals surface area contributed by atoms with Gasteiger partial charge in [0.05, 0.1) is 43.7 Å². The lowest BCUT2D eigenvalue weighted by Gasteiger charge is -2.37. The van der Waals surface area contributed by atoms with Crippen molar-refractivity contribution in [2.24, 2.45) is 17.3 Å². The molecule has 4 aliphatic heterocycles. The molecule has 4 aliphatic rings. The van der Waals surface area contributed by atoms with E-state index in [2.05, 4.69) is 59.2 Å². The van der Waals surface area contributed by atoms with Gasteiger partial charge in [-0.25, -0.2) is 5.43 Å². The summed E-state index contributed by atoms with van der Waals surface area (Å²) in [6.07, 6.45) is 7.13. The molecule has 72 heavy (non-hydrogen) atoms. The van der Waals surface area contributed by atoms with Gasteiger partial charge in [-0.15, -0.1) is 0 Å². The van der Waals surface area contributed by atoms with Crippen LogP contribution in [0.3, 0.4) is 0 Å². The summed E-state index contributed by atoms with van der Waals surface area (Å²) >= 11 is 0. The van der Waals surface area contributed by atoms with Crippen LogP contribution in [0.1, 0.15) is 70.7 Å². The number of nitrogens with zero attached hydrogens (tertiary/aromatic N) is 6. The van der Waals surface area contributed by atoms with Gasteiger partial charge >= 0.3 is 5.97 Å². The Morgan fingerprint density at radius 1 is 1.04 bits per heavy atom. The fourth-order valence-corrected chi connectivity index (χ4v) is 10.9. The molecule has 0 saturated carbocycles. The number of carbonyl (C=O) groups excluding carboxylic acids is 5. The molecule has 2 aromatic heterocycles. The number of carbonyl (C=O) groups is 5. The lowest BCUT2D eigenvalue weighted by atomic mass is 9.84. The zero-order valence-corrected chi connectivity index (χ0v) is 42.9. The number of amides is 4. The second-order valence-corrected chi connectivity index (χ2v) is 20.9. The lowest BCUT2D eigenvalue weighted by molar-refractivity contribution is -0.155. The van der Waals surface area contributed by atoms with Crippen molar-refractivity contribution in [2.45, 2.75) is 98.0 Å². The Kier molecular flexibility index (Phi) is 16.5. The number of cyclic esters (lactones) is 1. The molecule has 3 saturated heterocycles. The first-order valence-electron chi connectivity index (χ1n) is 25.5. The van der Waals surface area contributed by atoms with E-state index in [0.717, 1.165) is 57.6 Å². The molecule has 17 nitrogen and oxygen atoms in total. The summed E-state index contributed by atoms with van der Waals surface area (Å²) in [5.74, 6) is -2.76. The van der Waals surface area contributed by atoms with Crippen LogP contribution in [0, 0.1) is 17.3 Å². The molecule has 386 valence electrons. The normalized spacial score (nSPS) is 21.5. The Balaban J connectivity index is 1.10. The Hall–Kier alpha value is -6.14. The molecular formula is C55H72N8O9. The molecule has 3 fully saturated rings. The van der Waals surface area contributed by atoms with Gasteiger partial charge in [0.25, 0.3) is 5.91 Å². The summed E-state index contributed by atoms with van der Waals surface area (Å²) in [5.41, 5.74) is 9.56. The summed E-state index contributed by atoms with van der Waals surface area (Å²) < 4.78 is 19.4. The highest BCUT2D eigenvalue weighted by atomic mass is 16.5. The maximum Gasteiger partial charge on any atom is 0.324 e. The topological polar surface area (TPSA) is 188 Å². The van der Waals surface area contributed by atoms with Gasteiger partial charge in [-0.1, -0.05) is 45.9 Å². The summed E-state index contributed by atoms with van der Waals surface area (Å²) in [7, 11) is 3.26. The molecule has 6 bridgehead atoms. The zero-order valence-electron chi connectivity index (χ0n) is 42.9. The van der Waals surface area contributed by atoms with Crippen molar-refractivity contribution in [1.82, 2.24) is 40.0 Å². The minimum atomic E-state index is -1.17. The number of hydrogen-bond acceptors (Lipinski definition) is 12. The van der Waals surface area contributed by atoms with Gasteiger partial charge in [0.1, 0.15) is 23.9 Å². The van der Waals surface area contributed by atoms with Crippen LogP contribution in [0.25, 0.3) is 33.3 Å². The van der Waals surface area contributed by atoms with Gasteiger partial charge in [-0.3, -0.25) is 38.9 Å². The average molecular weight is 989 g/mol. The number of fused-ring (bicyclic) bond motifs is 6. The van der Waals surface area contributed by atoms with Gasteiger partial charge in [0, 0.05) is 101 Å². The number of hydrazine groups is 1. The number of ether oxygens (including phenoxy) is 3. The van der Waals surface area contributed by atoms with Crippen LogP contribution in [-0.2, 0) is 64.2 Å². The van der Waals surface area contributed by atoms with Crippen molar-refractivity contribution in [3.8, 4) is 28.1 Å². The van der Waals surface area contributed by atoms with Crippen LogP contribution in [0.4, 0.5) is 0 Å². The van der Waals surface area contributed by atoms with E-state index in [1.165, 1.54) is 9.91 Å². The van der Waals surface area contributed by atoms with E-state index in [-0.39, 0.29) is 49.6 Å². The number of likely N-dealkylation sites (N-methyl/N-ethyl adjacent to an activating group) is 1. The molecule has 0 aliphatic carbocycles. The van der Waals surface area contributed by atoms with Gasteiger partial charge in [0.15, 0.2) is 0 Å². The minimum absolute atomic E-state index is 0.0109. The van der Waals surface area contributed by atoms with Gasteiger partial charge < -0.3 is 39.0 Å². The van der Waals surface area contributed by atoms with E-state index in [0.29, 0.717) is 70.7 Å². The van der Waals surface area contributed by atoms with Gasteiger partial charge in [-0.2, -0.15) is 0 Å². The van der Waals surface area contributed by atoms with E-state index in [1.807, 2.05) is 38.1 Å². The molecule has 0 spiro atoms. The first-order chi connectivity index (χ1) is 34.5. The number of rotatable bonds is 12. The van der Waals surface area contributed by atoms with E-state index in [9.17, 15) is 29.1 Å². The van der Waals surface area contributed by atoms with E-state index in [4.69, 9.17) is 19.2 Å². The molecule has 0 radical (unpaired) electrons. The molecule has 17 heteroatoms. The maximum absolute atomic E-state index is 14.8. The fraction of sp³-hybridized carbons (Fsp3) is 0.527. The number of phenols is 1. The Bertz CT molecular complexity index is 2670. The zero-order chi connectivity index (χ0) is 51.3. The average Bonchev–Trinajstić information content (AvgIpc) is 3.98. The predicted octanol–water partition coefficient (Wildman–Crippen LogP) is 5.11. The van der Waals surface area contributed by atoms with E-state index >= 15 is 0 Å². The number of aromatic hydroxyl groups is 1. The third kappa shape index (κ3) is 11.7. The minimum Gasteiger partial charge on any atom is -0.508 e. The summed E-state index contributed by atoms with van der Waals surface area (Å²) in [4.78, 5) is 80.9. The van der Waals surface area contributed by atoms with Crippen LogP contribution < -0.4 is 10.7 Å². The standard InChI is InChI=1S/C55H72N8O9/c1-8-62-47-16-15-37-30-42(47)43(50(62)41-12-9-18-56-46(41)33-70-7)31-55(4,5)34-72-54(69)44-13-10-20-63(58-44)53(68)45(28-36-26-39(37)29-40(64)27-36)57-51(66)49(35(2)3)59(6)52(67)38-17-21-61(32-38)48(65)14-11-19-60-22-24-71-25-23-60/h9,11-12,14-16,18,26-27,29-30,35,38,44-45,49,58,64H,8,10,13,17,19-25,28,31-34H2,1-7H3,(H,57,66)/b14-11+/t38-,44-,45-,49?/m0/s1. The van der Waals surface area contributed by atoms with Crippen molar-refractivity contribution < 1.29 is 43.3 Å². The fourth-order valence-electron chi connectivity index (χ4n) is 10.9. The van der Waals surface area contributed by atoms with Crippen LogP contribution in [0.15, 0.2) is 66.9 Å². The van der Waals surface area contributed by atoms with Crippen molar-refractivity contribution in [3.05, 3.63) is 83.7 Å². The maximum atomic E-state index is 14.8. The van der Waals surface area contributed by atoms with E-state index in [1.54, 1.807) is 43.5 Å². The predicted molar refractivity (Wildman–Crippen MR) is 273 cm³/mol. The Morgan fingerprint density at radius 2 is 1.83 bits per heavy atom. The molecule has 6 heterocycles. The molecule has 4 atom stereocenters. The summed E-state index contributed by atoms with van der Waals surface area (Å²) in [6.45, 7) is 15.6. The van der Waals surface area contributed by atoms with Crippen molar-refractivity contribution in [3.63, 3.8) is 0 Å². The van der Waals surface area contributed by atoms with Crippen molar-refractivity contribution >= 4 is 40.5 Å². The molecule has 1 unspecified atom stereocenters. The summed E-state index contributed by atoms with van der Waals surface area (Å²) in [5, 5.41) is 16.8. The second kappa shape index (κ2) is 22.7. The third-order valence-corrected chi connectivity index (χ3v) is 14.5. The third-order valence-electron chi connectivity index (χ3n) is 14.5. The van der Waals surface area contributed by atoms with Crippen LogP contribution in [0.2, 0.25) is 0 Å². The first-order valence-corrected chi connectivity index (χ1v) is 25.5. The number of esters is 1. The van der Waals surface area contributed by atoms with Gasteiger partial charge in [0.2, 0.25) is 17.7 Å². The second-order valence-electron chi connectivity index (χ2n) is 20.9. The quantitative estimate of drug-likeness (QED) is 0.126. The highest BCUT2D eigenvalue weighted by Gasteiger charge is 2.40. The smallest absolute Gasteiger partial charge is 0.324 e.